The highest BCUT2D eigenvalue weighted by atomic mass is 16.6. The Bertz CT molecular complexity index is 257. The van der Waals surface area contributed by atoms with Crippen LogP contribution in [0.25, 0.3) is 0 Å². The van der Waals surface area contributed by atoms with Gasteiger partial charge in [0.05, 0.1) is 0 Å². The Morgan fingerprint density at radius 1 is 1.29 bits per heavy atom. The van der Waals surface area contributed by atoms with Crippen LogP contribution in [0.2, 0.25) is 0 Å². The minimum atomic E-state index is -0.450. The second-order valence-corrected chi connectivity index (χ2v) is 6.51. The molecule has 102 valence electrons. The molecular weight excluding hydrogens is 216 g/mol. The van der Waals surface area contributed by atoms with Crippen LogP contribution in [0.15, 0.2) is 0 Å². The fourth-order valence-electron chi connectivity index (χ4n) is 1.53. The average molecular weight is 244 g/mol. The zero-order chi connectivity index (χ0) is 13.9. The van der Waals surface area contributed by atoms with E-state index in [1.54, 1.807) is 11.9 Å². The number of hydrogen-bond acceptors (Lipinski definition) is 3. The van der Waals surface area contributed by atoms with Crippen molar-refractivity contribution in [3.63, 3.8) is 0 Å². The second-order valence-electron chi connectivity index (χ2n) is 6.51. The zero-order valence-electron chi connectivity index (χ0n) is 12.3. The van der Waals surface area contributed by atoms with Gasteiger partial charge in [-0.15, -0.1) is 0 Å². The van der Waals surface area contributed by atoms with Crippen molar-refractivity contribution in [1.82, 2.24) is 4.90 Å². The summed E-state index contributed by atoms with van der Waals surface area (Å²) in [5.74, 6) is 0. The molecule has 0 saturated carbocycles. The van der Waals surface area contributed by atoms with Crippen molar-refractivity contribution in [2.24, 2.45) is 11.1 Å². The SMILES string of the molecule is CC(CC(C)(C)CN)N(C)C(=O)OC(C)(C)C. The summed E-state index contributed by atoms with van der Waals surface area (Å²) in [6.07, 6.45) is 0.581. The molecule has 1 unspecified atom stereocenters. The zero-order valence-corrected chi connectivity index (χ0v) is 12.3. The largest absolute Gasteiger partial charge is 0.444 e. The van der Waals surface area contributed by atoms with Crippen molar-refractivity contribution in [3.05, 3.63) is 0 Å². The molecule has 0 rings (SSSR count). The normalized spacial score (nSPS) is 14.4. The maximum Gasteiger partial charge on any atom is 0.410 e. The lowest BCUT2D eigenvalue weighted by atomic mass is 9.86. The number of carbonyl (C=O) groups is 1. The molecule has 1 atom stereocenters. The number of nitrogens with two attached hydrogens (primary N) is 1. The van der Waals surface area contributed by atoms with Gasteiger partial charge in [-0.25, -0.2) is 4.79 Å². The molecule has 0 saturated heterocycles. The maximum absolute atomic E-state index is 11.8. The molecule has 4 nitrogen and oxygen atoms in total. The molecule has 2 N–H and O–H groups in total. The Kier molecular flexibility index (Phi) is 5.46. The van der Waals surface area contributed by atoms with Crippen LogP contribution in [0.4, 0.5) is 4.79 Å². The lowest BCUT2D eigenvalue weighted by molar-refractivity contribution is 0.0202. The second kappa shape index (κ2) is 5.71. The molecule has 0 aliphatic heterocycles. The number of nitrogens with zero attached hydrogens (tertiary/aromatic N) is 1. The third-order valence-electron chi connectivity index (χ3n) is 2.74. The molecule has 4 heteroatoms. The molecule has 0 radical (unpaired) electrons. The molecule has 0 aromatic rings. The van der Waals surface area contributed by atoms with E-state index in [-0.39, 0.29) is 17.6 Å². The molecule has 0 fully saturated rings. The molecular formula is C13H28N2O2. The highest BCUT2D eigenvalue weighted by Crippen LogP contribution is 2.23. The van der Waals surface area contributed by atoms with Crippen molar-refractivity contribution in [1.29, 1.82) is 0 Å². The Morgan fingerprint density at radius 3 is 2.12 bits per heavy atom. The first-order valence-electron chi connectivity index (χ1n) is 6.14. The van der Waals surface area contributed by atoms with Crippen LogP contribution < -0.4 is 5.73 Å². The van der Waals surface area contributed by atoms with Crippen LogP contribution in [0.5, 0.6) is 0 Å². The topological polar surface area (TPSA) is 55.6 Å². The molecule has 0 heterocycles. The Labute approximate surface area is 105 Å². The first-order valence-corrected chi connectivity index (χ1v) is 6.14. The van der Waals surface area contributed by atoms with E-state index in [4.69, 9.17) is 10.5 Å². The minimum Gasteiger partial charge on any atom is -0.444 e. The highest BCUT2D eigenvalue weighted by molar-refractivity contribution is 5.68. The quantitative estimate of drug-likeness (QED) is 0.827. The van der Waals surface area contributed by atoms with Crippen LogP contribution in [0.1, 0.15) is 48.0 Å². The molecule has 0 aliphatic rings. The van der Waals surface area contributed by atoms with Gasteiger partial charge in [-0.05, 0) is 46.1 Å². The average Bonchev–Trinajstić information content (AvgIpc) is 2.13. The Hall–Kier alpha value is -0.770. The van der Waals surface area contributed by atoms with Gasteiger partial charge < -0.3 is 15.4 Å². The maximum atomic E-state index is 11.8. The monoisotopic (exact) mass is 244 g/mol. The minimum absolute atomic E-state index is 0.0374. The van der Waals surface area contributed by atoms with E-state index >= 15 is 0 Å². The fourth-order valence-corrected chi connectivity index (χ4v) is 1.53. The van der Waals surface area contributed by atoms with Crippen molar-refractivity contribution < 1.29 is 9.53 Å². The van der Waals surface area contributed by atoms with E-state index in [2.05, 4.69) is 13.8 Å². The summed E-state index contributed by atoms with van der Waals surface area (Å²) < 4.78 is 5.32. The molecule has 0 aromatic carbocycles. The van der Waals surface area contributed by atoms with E-state index < -0.39 is 5.60 Å². The lowest BCUT2D eigenvalue weighted by Gasteiger charge is -2.33. The fraction of sp³-hybridized carbons (Fsp3) is 0.923. The first-order chi connectivity index (χ1) is 7.48. The van der Waals surface area contributed by atoms with Crippen LogP contribution in [0, 0.1) is 5.41 Å². The number of hydrogen-bond donors (Lipinski definition) is 1. The summed E-state index contributed by atoms with van der Waals surface area (Å²) in [4.78, 5) is 13.5. The van der Waals surface area contributed by atoms with Crippen LogP contribution >= 0.6 is 0 Å². The van der Waals surface area contributed by atoms with E-state index in [1.165, 1.54) is 0 Å². The summed E-state index contributed by atoms with van der Waals surface area (Å²) in [5.41, 5.74) is 5.29. The van der Waals surface area contributed by atoms with Gasteiger partial charge in [-0.2, -0.15) is 0 Å². The van der Waals surface area contributed by atoms with Crippen molar-refractivity contribution in [2.45, 2.75) is 59.6 Å². The molecule has 17 heavy (non-hydrogen) atoms. The van der Waals surface area contributed by atoms with Gasteiger partial charge in [0.15, 0.2) is 0 Å². The molecule has 0 aliphatic carbocycles. The van der Waals surface area contributed by atoms with Gasteiger partial charge in [-0.3, -0.25) is 0 Å². The van der Waals surface area contributed by atoms with Gasteiger partial charge in [0.1, 0.15) is 5.60 Å². The van der Waals surface area contributed by atoms with Crippen LogP contribution in [-0.2, 0) is 4.74 Å². The number of rotatable bonds is 4. The molecule has 1 amide bonds. The Balaban J connectivity index is 4.40. The van der Waals surface area contributed by atoms with E-state index in [1.807, 2.05) is 27.7 Å². The van der Waals surface area contributed by atoms with E-state index in [0.717, 1.165) is 6.42 Å². The standard InChI is InChI=1S/C13H28N2O2/c1-10(8-13(5,6)9-14)15(7)11(16)17-12(2,3)4/h10H,8-9,14H2,1-7H3. The number of ether oxygens (including phenoxy) is 1. The predicted octanol–water partition coefficient (Wildman–Crippen LogP) is 2.62. The van der Waals surface area contributed by atoms with Crippen molar-refractivity contribution in [3.8, 4) is 0 Å². The summed E-state index contributed by atoms with van der Waals surface area (Å²) in [6, 6.07) is 0.114. The smallest absolute Gasteiger partial charge is 0.410 e. The third kappa shape index (κ3) is 6.51. The van der Waals surface area contributed by atoms with Gasteiger partial charge in [0.25, 0.3) is 0 Å². The predicted molar refractivity (Wildman–Crippen MR) is 70.9 cm³/mol. The van der Waals surface area contributed by atoms with E-state index in [0.29, 0.717) is 6.54 Å². The van der Waals surface area contributed by atoms with Gasteiger partial charge in [0, 0.05) is 13.1 Å². The lowest BCUT2D eigenvalue weighted by Crippen LogP contribution is -2.42. The number of amides is 1. The van der Waals surface area contributed by atoms with Gasteiger partial charge in [-0.1, -0.05) is 13.8 Å². The van der Waals surface area contributed by atoms with Crippen molar-refractivity contribution in [2.75, 3.05) is 13.6 Å². The summed E-state index contributed by atoms with van der Waals surface area (Å²) >= 11 is 0. The first kappa shape index (κ1) is 16.2. The number of carbonyl (C=O) groups excluding carboxylic acids is 1. The summed E-state index contributed by atoms with van der Waals surface area (Å²) in [6.45, 7) is 12.4. The molecule has 0 bridgehead atoms. The van der Waals surface area contributed by atoms with Crippen LogP contribution in [0.3, 0.4) is 0 Å². The van der Waals surface area contributed by atoms with Crippen LogP contribution in [-0.4, -0.2) is 36.2 Å². The summed E-state index contributed by atoms with van der Waals surface area (Å²) in [7, 11) is 1.77. The van der Waals surface area contributed by atoms with E-state index in [9.17, 15) is 4.79 Å². The van der Waals surface area contributed by atoms with Gasteiger partial charge in [0.2, 0.25) is 0 Å². The van der Waals surface area contributed by atoms with Gasteiger partial charge >= 0.3 is 6.09 Å². The highest BCUT2D eigenvalue weighted by Gasteiger charge is 2.27. The molecule has 0 spiro atoms. The summed E-state index contributed by atoms with van der Waals surface area (Å²) in [5, 5.41) is 0. The third-order valence-corrected chi connectivity index (χ3v) is 2.74. The van der Waals surface area contributed by atoms with Crippen molar-refractivity contribution >= 4 is 6.09 Å². The molecule has 0 aromatic heterocycles. The Morgan fingerprint density at radius 2 is 1.76 bits per heavy atom.